The summed E-state index contributed by atoms with van der Waals surface area (Å²) in [6, 6.07) is 7.63. The SMILES string of the molecule is CCCCN1CCCCC1CNC(=O)Nc1cccc(-c2nnco2)c1. The van der Waals surface area contributed by atoms with Crippen LogP contribution in [0.2, 0.25) is 0 Å². The van der Waals surface area contributed by atoms with Crippen molar-refractivity contribution < 1.29 is 9.21 Å². The Morgan fingerprint density at radius 1 is 1.38 bits per heavy atom. The number of hydrogen-bond donors (Lipinski definition) is 2. The molecule has 7 nitrogen and oxygen atoms in total. The van der Waals surface area contributed by atoms with Gasteiger partial charge >= 0.3 is 6.03 Å². The van der Waals surface area contributed by atoms with Crippen LogP contribution in [0, 0.1) is 0 Å². The lowest BCUT2D eigenvalue weighted by molar-refractivity contribution is 0.145. The molecule has 1 unspecified atom stereocenters. The molecule has 0 spiro atoms. The van der Waals surface area contributed by atoms with E-state index in [9.17, 15) is 4.79 Å². The molecule has 0 radical (unpaired) electrons. The number of aromatic nitrogens is 2. The van der Waals surface area contributed by atoms with E-state index in [4.69, 9.17) is 4.42 Å². The van der Waals surface area contributed by atoms with E-state index in [1.807, 2.05) is 24.3 Å². The first-order valence-electron chi connectivity index (χ1n) is 9.41. The first kappa shape index (κ1) is 18.4. The van der Waals surface area contributed by atoms with Crippen LogP contribution in [0.25, 0.3) is 11.5 Å². The van der Waals surface area contributed by atoms with Crippen molar-refractivity contribution in [1.29, 1.82) is 0 Å². The number of nitrogens with one attached hydrogen (secondary N) is 2. The van der Waals surface area contributed by atoms with Crippen LogP contribution in [-0.4, -0.2) is 46.8 Å². The molecule has 1 aliphatic rings. The van der Waals surface area contributed by atoms with E-state index in [-0.39, 0.29) is 6.03 Å². The highest BCUT2D eigenvalue weighted by molar-refractivity contribution is 5.89. The second-order valence-electron chi connectivity index (χ2n) is 6.70. The molecule has 2 N–H and O–H groups in total. The number of carbonyl (C=O) groups is 1. The first-order valence-corrected chi connectivity index (χ1v) is 9.41. The van der Waals surface area contributed by atoms with Gasteiger partial charge in [-0.05, 0) is 50.6 Å². The number of rotatable bonds is 7. The fourth-order valence-electron chi connectivity index (χ4n) is 3.36. The molecule has 0 saturated carbocycles. The fourth-order valence-corrected chi connectivity index (χ4v) is 3.36. The summed E-state index contributed by atoms with van der Waals surface area (Å²) in [4.78, 5) is 14.8. The zero-order valence-corrected chi connectivity index (χ0v) is 15.3. The summed E-state index contributed by atoms with van der Waals surface area (Å²) in [6.07, 6.45) is 7.35. The lowest BCUT2D eigenvalue weighted by atomic mass is 10.0. The van der Waals surface area contributed by atoms with Crippen LogP contribution in [0.5, 0.6) is 0 Å². The zero-order chi connectivity index (χ0) is 18.2. The van der Waals surface area contributed by atoms with Gasteiger partial charge in [0.15, 0.2) is 0 Å². The number of nitrogens with zero attached hydrogens (tertiary/aromatic N) is 3. The van der Waals surface area contributed by atoms with Gasteiger partial charge in [0.2, 0.25) is 12.3 Å². The lowest BCUT2D eigenvalue weighted by Crippen LogP contribution is -2.47. The van der Waals surface area contributed by atoms with Gasteiger partial charge in [0, 0.05) is 23.8 Å². The van der Waals surface area contributed by atoms with Crippen molar-refractivity contribution in [2.24, 2.45) is 0 Å². The van der Waals surface area contributed by atoms with Crippen LogP contribution in [0.4, 0.5) is 10.5 Å². The van der Waals surface area contributed by atoms with Gasteiger partial charge in [-0.1, -0.05) is 25.8 Å². The molecule has 2 heterocycles. The number of unbranched alkanes of at least 4 members (excludes halogenated alkanes) is 1. The quantitative estimate of drug-likeness (QED) is 0.792. The number of anilines is 1. The van der Waals surface area contributed by atoms with Crippen molar-refractivity contribution in [2.45, 2.75) is 45.1 Å². The van der Waals surface area contributed by atoms with Crippen LogP contribution >= 0.6 is 0 Å². The molecule has 1 aromatic carbocycles. The monoisotopic (exact) mass is 357 g/mol. The second-order valence-corrected chi connectivity index (χ2v) is 6.70. The molecule has 1 fully saturated rings. The Kier molecular flexibility index (Phi) is 6.60. The normalized spacial score (nSPS) is 17.8. The molecule has 3 rings (SSSR count). The summed E-state index contributed by atoms with van der Waals surface area (Å²) in [6.45, 7) is 5.16. The molecule has 0 aliphatic carbocycles. The summed E-state index contributed by atoms with van der Waals surface area (Å²) in [5.74, 6) is 0.433. The van der Waals surface area contributed by atoms with E-state index >= 15 is 0 Å². The van der Waals surface area contributed by atoms with Gasteiger partial charge in [-0.3, -0.25) is 4.90 Å². The van der Waals surface area contributed by atoms with Gasteiger partial charge in [0.1, 0.15) is 0 Å². The predicted octanol–water partition coefficient (Wildman–Crippen LogP) is 3.51. The van der Waals surface area contributed by atoms with Crippen LogP contribution in [-0.2, 0) is 0 Å². The number of piperidine rings is 1. The van der Waals surface area contributed by atoms with Crippen molar-refractivity contribution in [3.05, 3.63) is 30.7 Å². The van der Waals surface area contributed by atoms with E-state index in [0.29, 0.717) is 24.2 Å². The average molecular weight is 357 g/mol. The number of hydrogen-bond acceptors (Lipinski definition) is 5. The van der Waals surface area contributed by atoms with Crippen molar-refractivity contribution in [3.63, 3.8) is 0 Å². The maximum Gasteiger partial charge on any atom is 0.319 e. The number of carbonyl (C=O) groups excluding carboxylic acids is 1. The van der Waals surface area contributed by atoms with Gasteiger partial charge in [0.05, 0.1) is 0 Å². The Balaban J connectivity index is 1.51. The number of amides is 2. The summed E-state index contributed by atoms with van der Waals surface area (Å²) in [7, 11) is 0. The Bertz CT molecular complexity index is 689. The molecule has 1 saturated heterocycles. The van der Waals surface area contributed by atoms with Gasteiger partial charge < -0.3 is 15.1 Å². The number of benzene rings is 1. The maximum absolute atomic E-state index is 12.3. The molecule has 2 aromatic rings. The maximum atomic E-state index is 12.3. The van der Waals surface area contributed by atoms with E-state index in [1.54, 1.807) is 0 Å². The Hall–Kier alpha value is -2.41. The van der Waals surface area contributed by atoms with E-state index in [0.717, 1.165) is 25.1 Å². The molecule has 1 aromatic heterocycles. The topological polar surface area (TPSA) is 83.3 Å². The summed E-state index contributed by atoms with van der Waals surface area (Å²) >= 11 is 0. The van der Waals surface area contributed by atoms with Gasteiger partial charge in [-0.2, -0.15) is 0 Å². The zero-order valence-electron chi connectivity index (χ0n) is 15.3. The van der Waals surface area contributed by atoms with E-state index in [2.05, 4.69) is 32.7 Å². The largest absolute Gasteiger partial charge is 0.423 e. The van der Waals surface area contributed by atoms with Crippen LogP contribution in [0.15, 0.2) is 35.1 Å². The third kappa shape index (κ3) is 5.05. The standard InChI is InChI=1S/C19H27N5O2/c1-2-3-10-24-11-5-4-9-17(24)13-20-19(25)22-16-8-6-7-15(12-16)18-23-21-14-26-18/h6-8,12,14,17H,2-5,9-11,13H2,1H3,(H2,20,22,25). The minimum Gasteiger partial charge on any atom is -0.423 e. The first-order chi connectivity index (χ1) is 12.8. The summed E-state index contributed by atoms with van der Waals surface area (Å²) < 4.78 is 5.19. The molecular formula is C19H27N5O2. The van der Waals surface area contributed by atoms with Gasteiger partial charge in [0.25, 0.3) is 0 Å². The molecule has 26 heavy (non-hydrogen) atoms. The lowest BCUT2D eigenvalue weighted by Gasteiger charge is -2.35. The minimum atomic E-state index is -0.186. The van der Waals surface area contributed by atoms with Crippen molar-refractivity contribution in [1.82, 2.24) is 20.4 Å². The highest BCUT2D eigenvalue weighted by Crippen LogP contribution is 2.20. The van der Waals surface area contributed by atoms with Crippen molar-refractivity contribution >= 4 is 11.7 Å². The van der Waals surface area contributed by atoms with Crippen molar-refractivity contribution in [3.8, 4) is 11.5 Å². The second kappa shape index (κ2) is 9.33. The van der Waals surface area contributed by atoms with E-state index < -0.39 is 0 Å². The molecule has 0 bridgehead atoms. The highest BCUT2D eigenvalue weighted by atomic mass is 16.4. The van der Waals surface area contributed by atoms with Gasteiger partial charge in [-0.25, -0.2) is 4.79 Å². The summed E-state index contributed by atoms with van der Waals surface area (Å²) in [5, 5.41) is 13.5. The molecule has 7 heteroatoms. The molecule has 140 valence electrons. The van der Waals surface area contributed by atoms with Crippen molar-refractivity contribution in [2.75, 3.05) is 25.0 Å². The Morgan fingerprint density at radius 2 is 2.31 bits per heavy atom. The smallest absolute Gasteiger partial charge is 0.319 e. The third-order valence-corrected chi connectivity index (χ3v) is 4.77. The predicted molar refractivity (Wildman–Crippen MR) is 101 cm³/mol. The molecule has 2 amide bonds. The molecule has 1 atom stereocenters. The molecular weight excluding hydrogens is 330 g/mol. The third-order valence-electron chi connectivity index (χ3n) is 4.77. The summed E-state index contributed by atoms with van der Waals surface area (Å²) in [5.41, 5.74) is 1.48. The van der Waals surface area contributed by atoms with Crippen LogP contribution in [0.3, 0.4) is 0 Å². The average Bonchev–Trinajstić information content (AvgIpc) is 3.20. The Morgan fingerprint density at radius 3 is 3.12 bits per heavy atom. The highest BCUT2D eigenvalue weighted by Gasteiger charge is 2.22. The van der Waals surface area contributed by atoms with Crippen LogP contribution < -0.4 is 10.6 Å². The van der Waals surface area contributed by atoms with E-state index in [1.165, 1.54) is 32.1 Å². The minimum absolute atomic E-state index is 0.186. The van der Waals surface area contributed by atoms with Gasteiger partial charge in [-0.15, -0.1) is 10.2 Å². The fraction of sp³-hybridized carbons (Fsp3) is 0.526. The Labute approximate surface area is 154 Å². The molecule has 1 aliphatic heterocycles. The van der Waals surface area contributed by atoms with Crippen LogP contribution in [0.1, 0.15) is 39.0 Å². The number of urea groups is 1. The number of likely N-dealkylation sites (tertiary alicyclic amines) is 1.